The SMILES string of the molecule is Cc1c(C(=O)N2CCN(C)CC2)c(C(F)(F)F)nn1-c1ccccc1. The van der Waals surface area contributed by atoms with Crippen molar-refractivity contribution in [3.8, 4) is 5.69 Å². The molecular formula is C17H19F3N4O. The number of likely N-dealkylation sites (N-methyl/N-ethyl adjacent to an activating group) is 1. The predicted octanol–water partition coefficient (Wildman–Crippen LogP) is 2.59. The van der Waals surface area contributed by atoms with Gasteiger partial charge in [-0.05, 0) is 26.1 Å². The molecule has 0 aliphatic carbocycles. The molecule has 0 saturated carbocycles. The van der Waals surface area contributed by atoms with E-state index in [2.05, 4.69) is 5.10 Å². The van der Waals surface area contributed by atoms with Gasteiger partial charge in [0, 0.05) is 26.2 Å². The normalized spacial score (nSPS) is 16.3. The second kappa shape index (κ2) is 6.51. The Morgan fingerprint density at radius 3 is 2.24 bits per heavy atom. The molecule has 0 spiro atoms. The predicted molar refractivity (Wildman–Crippen MR) is 86.7 cm³/mol. The third-order valence-electron chi connectivity index (χ3n) is 4.39. The van der Waals surface area contributed by atoms with Crippen LogP contribution in [0.25, 0.3) is 5.69 Å². The van der Waals surface area contributed by atoms with Crippen LogP contribution in [0.3, 0.4) is 0 Å². The lowest BCUT2D eigenvalue weighted by Crippen LogP contribution is -2.47. The van der Waals surface area contributed by atoms with Crippen LogP contribution in [-0.2, 0) is 6.18 Å². The summed E-state index contributed by atoms with van der Waals surface area (Å²) in [5.74, 6) is -0.611. The van der Waals surface area contributed by atoms with Gasteiger partial charge in [0.2, 0.25) is 0 Å². The molecule has 0 unspecified atom stereocenters. The Hall–Kier alpha value is -2.35. The largest absolute Gasteiger partial charge is 0.435 e. The molecule has 3 rings (SSSR count). The Morgan fingerprint density at radius 2 is 1.68 bits per heavy atom. The van der Waals surface area contributed by atoms with Gasteiger partial charge >= 0.3 is 6.18 Å². The summed E-state index contributed by atoms with van der Waals surface area (Å²) >= 11 is 0. The summed E-state index contributed by atoms with van der Waals surface area (Å²) in [6, 6.07) is 8.51. The number of carbonyl (C=O) groups is 1. The first kappa shape index (κ1) is 17.5. The van der Waals surface area contributed by atoms with Gasteiger partial charge in [-0.1, -0.05) is 18.2 Å². The van der Waals surface area contributed by atoms with E-state index in [0.29, 0.717) is 31.9 Å². The third kappa shape index (κ3) is 3.39. The smallest absolute Gasteiger partial charge is 0.336 e. The minimum Gasteiger partial charge on any atom is -0.336 e. The van der Waals surface area contributed by atoms with Gasteiger partial charge in [0.1, 0.15) is 0 Å². The second-order valence-corrected chi connectivity index (χ2v) is 6.15. The molecule has 5 nitrogen and oxygen atoms in total. The molecule has 1 aromatic heterocycles. The molecule has 0 atom stereocenters. The highest BCUT2D eigenvalue weighted by molar-refractivity contribution is 5.97. The number of hydrogen-bond acceptors (Lipinski definition) is 3. The number of para-hydroxylation sites is 1. The van der Waals surface area contributed by atoms with Crippen molar-refractivity contribution < 1.29 is 18.0 Å². The topological polar surface area (TPSA) is 41.4 Å². The summed E-state index contributed by atoms with van der Waals surface area (Å²) < 4.78 is 41.7. The molecule has 1 aliphatic rings. The highest BCUT2D eigenvalue weighted by Gasteiger charge is 2.42. The lowest BCUT2D eigenvalue weighted by Gasteiger charge is -2.32. The lowest BCUT2D eigenvalue weighted by atomic mass is 10.1. The first-order chi connectivity index (χ1) is 11.8. The molecule has 2 heterocycles. The number of hydrogen-bond donors (Lipinski definition) is 0. The summed E-state index contributed by atoms with van der Waals surface area (Å²) in [4.78, 5) is 16.3. The number of piperazine rings is 1. The van der Waals surface area contributed by atoms with E-state index in [1.54, 1.807) is 30.3 Å². The summed E-state index contributed by atoms with van der Waals surface area (Å²) in [5.41, 5.74) is -0.802. The van der Waals surface area contributed by atoms with E-state index in [0.717, 1.165) is 0 Å². The van der Waals surface area contributed by atoms with E-state index in [9.17, 15) is 18.0 Å². The number of halogens is 3. The van der Waals surface area contributed by atoms with Crippen molar-refractivity contribution in [1.82, 2.24) is 19.6 Å². The van der Waals surface area contributed by atoms with Gasteiger partial charge in [-0.2, -0.15) is 18.3 Å². The number of nitrogens with zero attached hydrogens (tertiary/aromatic N) is 4. The molecule has 0 radical (unpaired) electrons. The molecule has 1 amide bonds. The molecule has 134 valence electrons. The van der Waals surface area contributed by atoms with Crippen LogP contribution in [0.15, 0.2) is 30.3 Å². The zero-order chi connectivity index (χ0) is 18.2. The minimum atomic E-state index is -4.69. The summed E-state index contributed by atoms with van der Waals surface area (Å²) in [7, 11) is 1.92. The molecule has 1 fully saturated rings. The monoisotopic (exact) mass is 352 g/mol. The molecule has 1 aromatic carbocycles. The molecule has 8 heteroatoms. The minimum absolute atomic E-state index is 0.197. The van der Waals surface area contributed by atoms with Gasteiger partial charge in [-0.15, -0.1) is 0 Å². The molecular weight excluding hydrogens is 333 g/mol. The van der Waals surface area contributed by atoms with Gasteiger partial charge in [0.15, 0.2) is 5.69 Å². The zero-order valence-electron chi connectivity index (χ0n) is 14.0. The van der Waals surface area contributed by atoms with Crippen LogP contribution in [0.1, 0.15) is 21.7 Å². The first-order valence-electron chi connectivity index (χ1n) is 7.99. The van der Waals surface area contributed by atoms with E-state index >= 15 is 0 Å². The first-order valence-corrected chi connectivity index (χ1v) is 7.99. The van der Waals surface area contributed by atoms with Crippen molar-refractivity contribution in [2.45, 2.75) is 13.1 Å². The molecule has 1 saturated heterocycles. The number of carbonyl (C=O) groups excluding carboxylic acids is 1. The Morgan fingerprint density at radius 1 is 1.08 bits per heavy atom. The van der Waals surface area contributed by atoms with Gasteiger partial charge in [0.25, 0.3) is 5.91 Å². The van der Waals surface area contributed by atoms with E-state index in [-0.39, 0.29) is 11.3 Å². The van der Waals surface area contributed by atoms with E-state index in [4.69, 9.17) is 0 Å². The van der Waals surface area contributed by atoms with E-state index < -0.39 is 17.8 Å². The van der Waals surface area contributed by atoms with E-state index in [1.807, 2.05) is 11.9 Å². The Bertz CT molecular complexity index is 762. The summed E-state index contributed by atoms with van der Waals surface area (Å²) in [6.45, 7) is 3.58. The molecule has 0 N–H and O–H groups in total. The van der Waals surface area contributed by atoms with Crippen LogP contribution >= 0.6 is 0 Å². The van der Waals surface area contributed by atoms with Crippen molar-refractivity contribution >= 4 is 5.91 Å². The van der Waals surface area contributed by atoms with Crippen LogP contribution in [0.4, 0.5) is 13.2 Å². The molecule has 2 aromatic rings. The fourth-order valence-electron chi connectivity index (χ4n) is 2.94. The quantitative estimate of drug-likeness (QED) is 0.834. The van der Waals surface area contributed by atoms with E-state index in [1.165, 1.54) is 16.5 Å². The number of rotatable bonds is 2. The lowest BCUT2D eigenvalue weighted by molar-refractivity contribution is -0.141. The molecule has 0 bridgehead atoms. The number of benzene rings is 1. The van der Waals surface area contributed by atoms with Crippen LogP contribution in [0, 0.1) is 6.92 Å². The fraction of sp³-hybridized carbons (Fsp3) is 0.412. The maximum absolute atomic E-state index is 13.5. The van der Waals surface area contributed by atoms with Gasteiger partial charge in [-0.25, -0.2) is 4.68 Å². The van der Waals surface area contributed by atoms with Crippen molar-refractivity contribution in [1.29, 1.82) is 0 Å². The average molecular weight is 352 g/mol. The number of aromatic nitrogens is 2. The van der Waals surface area contributed by atoms with Gasteiger partial charge in [-0.3, -0.25) is 4.79 Å². The standard InChI is InChI=1S/C17H19F3N4O/c1-12-14(16(25)23-10-8-22(2)9-11-23)15(17(18,19)20)21-24(12)13-6-4-3-5-7-13/h3-7H,8-11H2,1-2H3. The Kier molecular flexibility index (Phi) is 4.55. The highest BCUT2D eigenvalue weighted by Crippen LogP contribution is 2.34. The number of amides is 1. The van der Waals surface area contributed by atoms with Crippen molar-refractivity contribution in [2.24, 2.45) is 0 Å². The van der Waals surface area contributed by atoms with Crippen LogP contribution in [0.2, 0.25) is 0 Å². The fourth-order valence-corrected chi connectivity index (χ4v) is 2.94. The van der Waals surface area contributed by atoms with Crippen molar-refractivity contribution in [3.63, 3.8) is 0 Å². The average Bonchev–Trinajstić information content (AvgIpc) is 2.93. The molecule has 1 aliphatic heterocycles. The third-order valence-corrected chi connectivity index (χ3v) is 4.39. The van der Waals surface area contributed by atoms with Crippen LogP contribution in [-0.4, -0.2) is 58.7 Å². The van der Waals surface area contributed by atoms with Gasteiger partial charge < -0.3 is 9.80 Å². The maximum atomic E-state index is 13.5. The summed E-state index contributed by atoms with van der Waals surface area (Å²) in [6.07, 6.45) is -4.69. The zero-order valence-corrected chi connectivity index (χ0v) is 14.0. The summed E-state index contributed by atoms with van der Waals surface area (Å²) in [5, 5.41) is 3.72. The van der Waals surface area contributed by atoms with Crippen molar-refractivity contribution in [3.05, 3.63) is 47.3 Å². The van der Waals surface area contributed by atoms with Crippen LogP contribution in [0.5, 0.6) is 0 Å². The van der Waals surface area contributed by atoms with Crippen LogP contribution < -0.4 is 0 Å². The molecule has 25 heavy (non-hydrogen) atoms. The Balaban J connectivity index is 2.05. The second-order valence-electron chi connectivity index (χ2n) is 6.15. The van der Waals surface area contributed by atoms with Crippen molar-refractivity contribution in [2.75, 3.05) is 33.2 Å². The van der Waals surface area contributed by atoms with Gasteiger partial charge in [0.05, 0.1) is 16.9 Å². The maximum Gasteiger partial charge on any atom is 0.435 e. The number of alkyl halides is 3. The Labute approximate surface area is 143 Å². The highest BCUT2D eigenvalue weighted by atomic mass is 19.4.